The summed E-state index contributed by atoms with van der Waals surface area (Å²) < 4.78 is 25.4. The number of halogens is 4. The van der Waals surface area contributed by atoms with E-state index in [-0.39, 0.29) is 46.2 Å². The predicted octanol–water partition coefficient (Wildman–Crippen LogP) is 16.2. The first kappa shape index (κ1) is 62.3. The summed E-state index contributed by atoms with van der Waals surface area (Å²) in [6, 6.07) is 21.6. The van der Waals surface area contributed by atoms with E-state index in [0.717, 1.165) is 45.2 Å². The van der Waals surface area contributed by atoms with Crippen LogP contribution in [0, 0.1) is 0 Å². The lowest BCUT2D eigenvalue weighted by atomic mass is 9.93. The highest BCUT2D eigenvalue weighted by Crippen LogP contribution is 2.49. The molecule has 0 bridgehead atoms. The van der Waals surface area contributed by atoms with Crippen LogP contribution < -0.4 is 0 Å². The van der Waals surface area contributed by atoms with Crippen LogP contribution in [0.1, 0.15) is 168 Å². The quantitative estimate of drug-likeness (QED) is 0.101. The van der Waals surface area contributed by atoms with Gasteiger partial charge in [-0.15, -0.1) is 22.7 Å². The number of amides is 2. The molecule has 6 rings (SSSR count). The van der Waals surface area contributed by atoms with Gasteiger partial charge in [-0.3, -0.25) is 19.2 Å². The number of esters is 2. The first-order valence-corrected chi connectivity index (χ1v) is 30.2. The van der Waals surface area contributed by atoms with Crippen molar-refractivity contribution in [1.82, 2.24) is 9.80 Å². The molecule has 2 aromatic heterocycles. The Morgan fingerprint density at radius 3 is 1.20 bits per heavy atom. The number of thiophene rings is 2. The number of carbonyl (C=O) groups is 4. The summed E-state index contributed by atoms with van der Waals surface area (Å²) in [5.41, 5.74) is 0.359. The zero-order valence-corrected chi connectivity index (χ0v) is 51.4. The topological polar surface area (TPSA) is 112 Å². The lowest BCUT2D eigenvalue weighted by Crippen LogP contribution is -2.56. The molecule has 2 aromatic carbocycles. The molecule has 2 saturated heterocycles. The van der Waals surface area contributed by atoms with Crippen molar-refractivity contribution in [1.29, 1.82) is 0 Å². The highest BCUT2D eigenvalue weighted by molar-refractivity contribution is 8.00. The molecule has 0 unspecified atom stereocenters. The van der Waals surface area contributed by atoms with Gasteiger partial charge in [0, 0.05) is 52.9 Å². The van der Waals surface area contributed by atoms with E-state index < -0.39 is 59.6 Å². The van der Waals surface area contributed by atoms with Crippen molar-refractivity contribution < 1.29 is 38.1 Å². The summed E-state index contributed by atoms with van der Waals surface area (Å²) in [4.78, 5) is 59.6. The predicted molar refractivity (Wildman–Crippen MR) is 309 cm³/mol. The minimum Gasteiger partial charge on any atom is -0.460 e. The number of hydrogen-bond donors (Lipinski definition) is 0. The van der Waals surface area contributed by atoms with Gasteiger partial charge in [0.25, 0.3) is 11.8 Å². The average molecular weight is 1170 g/mol. The number of ether oxygens (including phenoxy) is 4. The molecule has 74 heavy (non-hydrogen) atoms. The highest BCUT2D eigenvalue weighted by atomic mass is 35.5. The Balaban J connectivity index is 0.000000274. The van der Waals surface area contributed by atoms with Crippen LogP contribution in [0.4, 0.5) is 0 Å². The van der Waals surface area contributed by atoms with Crippen molar-refractivity contribution in [2.75, 3.05) is 11.5 Å². The van der Waals surface area contributed by atoms with Crippen molar-refractivity contribution in [2.24, 2.45) is 0 Å². The summed E-state index contributed by atoms with van der Waals surface area (Å²) in [6.07, 6.45) is -1.83. The summed E-state index contributed by atoms with van der Waals surface area (Å²) >= 11 is 32.0. The maximum atomic E-state index is 14.1. The lowest BCUT2D eigenvalue weighted by Gasteiger charge is -2.47. The summed E-state index contributed by atoms with van der Waals surface area (Å²) in [6.45, 7) is 28.0. The van der Waals surface area contributed by atoms with Gasteiger partial charge in [-0.1, -0.05) is 126 Å². The standard InChI is InChI=1S/2C28H37Cl2NO4S2/c2*1-8-19(16-36-28(5,6)7)31-24(21-12-13-22(30)37-21)25(17-10-9-11-18(29)14-17)34-20(26(31)33)15-23(32)35-27(2,3)4/h2*9-14,19-20,24-25H,8,15-16H2,1-7H3/t19-,20+,24+,25+;19-,20-,24+,25+/m00/s1. The van der Waals surface area contributed by atoms with Gasteiger partial charge in [0.05, 0.1) is 33.6 Å². The Bertz CT molecular complexity index is 2360. The molecule has 0 aliphatic carbocycles. The van der Waals surface area contributed by atoms with Gasteiger partial charge in [0.15, 0.2) is 0 Å². The molecule has 2 amide bonds. The van der Waals surface area contributed by atoms with E-state index in [4.69, 9.17) is 65.4 Å². The minimum atomic E-state index is -0.973. The number of carbonyl (C=O) groups excluding carboxylic acids is 4. The van der Waals surface area contributed by atoms with E-state index in [1.807, 2.05) is 136 Å². The van der Waals surface area contributed by atoms with Crippen LogP contribution in [-0.4, -0.2) is 90.0 Å². The number of hydrogen-bond acceptors (Lipinski definition) is 12. The van der Waals surface area contributed by atoms with Gasteiger partial charge >= 0.3 is 11.9 Å². The summed E-state index contributed by atoms with van der Waals surface area (Å²) in [7, 11) is 0. The van der Waals surface area contributed by atoms with Crippen molar-refractivity contribution in [3.8, 4) is 0 Å². The van der Waals surface area contributed by atoms with Crippen LogP contribution in [0.5, 0.6) is 0 Å². The highest BCUT2D eigenvalue weighted by Gasteiger charge is 2.50. The molecule has 2 aliphatic heterocycles. The average Bonchev–Trinajstić information content (AvgIpc) is 3.91. The second-order valence-electron chi connectivity index (χ2n) is 22.4. The van der Waals surface area contributed by atoms with Gasteiger partial charge in [-0.25, -0.2) is 0 Å². The first-order valence-electron chi connectivity index (χ1n) is 25.0. The lowest BCUT2D eigenvalue weighted by molar-refractivity contribution is -0.185. The maximum absolute atomic E-state index is 14.1. The zero-order valence-electron chi connectivity index (χ0n) is 45.1. The third-order valence-corrected chi connectivity index (χ3v) is 17.6. The normalized spacial score (nSPS) is 21.7. The van der Waals surface area contributed by atoms with Gasteiger partial charge in [-0.05, 0) is 114 Å². The smallest absolute Gasteiger partial charge is 0.309 e. The van der Waals surface area contributed by atoms with Gasteiger partial charge in [-0.2, -0.15) is 23.5 Å². The summed E-state index contributed by atoms with van der Waals surface area (Å²) in [5.74, 6) is 0.154. The molecular weight excluding hydrogens is 1100 g/mol. The van der Waals surface area contributed by atoms with Crippen LogP contribution in [0.3, 0.4) is 0 Å². The van der Waals surface area contributed by atoms with Crippen LogP contribution in [0.2, 0.25) is 18.7 Å². The van der Waals surface area contributed by atoms with E-state index in [9.17, 15) is 19.2 Å². The Kier molecular flexibility index (Phi) is 22.3. The van der Waals surface area contributed by atoms with E-state index in [0.29, 0.717) is 18.7 Å². The Morgan fingerprint density at radius 1 is 0.581 bits per heavy atom. The largest absolute Gasteiger partial charge is 0.460 e. The molecular formula is C56H74Cl4N2O8S4. The monoisotopic (exact) mass is 1170 g/mol. The molecule has 10 nitrogen and oxygen atoms in total. The molecule has 4 heterocycles. The van der Waals surface area contributed by atoms with Gasteiger partial charge in [0.2, 0.25) is 0 Å². The Hall–Kier alpha value is -2.50. The van der Waals surface area contributed by atoms with Crippen LogP contribution >= 0.6 is 92.6 Å². The molecule has 2 fully saturated rings. The fourth-order valence-electron chi connectivity index (χ4n) is 8.59. The van der Waals surface area contributed by atoms with Crippen LogP contribution in [-0.2, 0) is 38.1 Å². The van der Waals surface area contributed by atoms with E-state index in [2.05, 4.69) is 55.4 Å². The molecule has 8 atom stereocenters. The molecule has 0 spiro atoms. The fourth-order valence-corrected chi connectivity index (χ4v) is 13.5. The Labute approximate surface area is 476 Å². The number of rotatable bonds is 16. The molecule has 0 N–H and O–H groups in total. The van der Waals surface area contributed by atoms with Crippen LogP contribution in [0.15, 0.2) is 72.8 Å². The fraction of sp³-hybridized carbons (Fsp3) is 0.571. The van der Waals surface area contributed by atoms with Crippen molar-refractivity contribution in [2.45, 2.75) is 192 Å². The second kappa shape index (κ2) is 26.4. The van der Waals surface area contributed by atoms with E-state index in [1.54, 1.807) is 12.1 Å². The Morgan fingerprint density at radius 2 is 0.932 bits per heavy atom. The van der Waals surface area contributed by atoms with E-state index in [1.165, 1.54) is 22.7 Å². The molecule has 18 heteroatoms. The van der Waals surface area contributed by atoms with Crippen molar-refractivity contribution >= 4 is 116 Å². The molecule has 0 radical (unpaired) electrons. The number of benzene rings is 2. The number of thioether (sulfide) groups is 2. The summed E-state index contributed by atoms with van der Waals surface area (Å²) in [5, 5.41) is 1.15. The molecule has 0 saturated carbocycles. The molecule has 408 valence electrons. The number of nitrogens with zero attached hydrogens (tertiary/aromatic N) is 2. The number of morpholine rings is 2. The maximum Gasteiger partial charge on any atom is 0.309 e. The third kappa shape index (κ3) is 18.3. The SMILES string of the molecule is CC[C@@H](CSC(C)(C)C)N1C(=O)[C@@H](CC(=O)OC(C)(C)C)O[C@H](c2cccc(Cl)c2)[C@H]1c1ccc(Cl)s1.CC[C@@H](CSC(C)(C)C)N1C(=O)[C@H](CC(=O)OC(C)(C)C)O[C@H](c2cccc(Cl)c2)[C@H]1c1ccc(Cl)s1. The van der Waals surface area contributed by atoms with Crippen molar-refractivity contribution in [3.05, 3.63) is 112 Å². The van der Waals surface area contributed by atoms with E-state index >= 15 is 0 Å². The zero-order chi connectivity index (χ0) is 55.1. The minimum absolute atomic E-state index is 0.0345. The molecule has 4 aromatic rings. The van der Waals surface area contributed by atoms with Crippen LogP contribution in [0.25, 0.3) is 0 Å². The second-order valence-corrected chi connectivity index (χ2v) is 30.5. The molecule has 2 aliphatic rings. The van der Waals surface area contributed by atoms with Crippen molar-refractivity contribution in [3.63, 3.8) is 0 Å². The van der Waals surface area contributed by atoms with Gasteiger partial charge < -0.3 is 28.7 Å². The van der Waals surface area contributed by atoms with Gasteiger partial charge in [0.1, 0.15) is 35.6 Å². The third-order valence-electron chi connectivity index (χ3n) is 11.7. The first-order chi connectivity index (χ1) is 34.4.